The van der Waals surface area contributed by atoms with E-state index in [-0.39, 0.29) is 26.0 Å². The van der Waals surface area contributed by atoms with E-state index in [1.165, 1.54) is 0 Å². The monoisotopic (exact) mass is 427 g/mol. The summed E-state index contributed by atoms with van der Waals surface area (Å²) in [6, 6.07) is 0. The molecule has 13 heteroatoms. The summed E-state index contributed by atoms with van der Waals surface area (Å²) in [6.45, 7) is -0.528. The smallest absolute Gasteiger partial charge is 0.303 e. The lowest BCUT2D eigenvalue weighted by Gasteiger charge is -2.46. The average molecular weight is 427 g/mol. The van der Waals surface area contributed by atoms with Crippen molar-refractivity contribution in [3.05, 3.63) is 0 Å². The van der Waals surface area contributed by atoms with Crippen molar-refractivity contribution in [1.29, 1.82) is 0 Å². The molecule has 2 rings (SSSR count). The van der Waals surface area contributed by atoms with Crippen molar-refractivity contribution < 1.29 is 59.5 Å². The van der Waals surface area contributed by atoms with Gasteiger partial charge in [-0.1, -0.05) is 0 Å². The number of carbonyl (C=O) groups is 1. The Hall–Kier alpha value is -0.970. The van der Waals surface area contributed by atoms with E-state index < -0.39 is 74.0 Å². The summed E-state index contributed by atoms with van der Waals surface area (Å²) in [5.74, 6) is -1.15. The summed E-state index contributed by atoms with van der Waals surface area (Å²) in [4.78, 5) is 10.8. The van der Waals surface area contributed by atoms with Gasteiger partial charge in [-0.15, -0.1) is 0 Å². The van der Waals surface area contributed by atoms with E-state index >= 15 is 0 Å². The lowest BCUT2D eigenvalue weighted by atomic mass is 9.95. The maximum absolute atomic E-state index is 10.8. The minimum absolute atomic E-state index is 0.0118. The Labute approximate surface area is 166 Å². The van der Waals surface area contributed by atoms with Gasteiger partial charge in [0.1, 0.15) is 42.7 Å². The summed E-state index contributed by atoms with van der Waals surface area (Å²) in [7, 11) is 0. The molecule has 10 atom stereocenters. The second-order valence-corrected chi connectivity index (χ2v) is 6.91. The van der Waals surface area contributed by atoms with Gasteiger partial charge >= 0.3 is 5.97 Å². The Morgan fingerprint density at radius 3 is 2.10 bits per heavy atom. The Morgan fingerprint density at radius 2 is 1.52 bits per heavy atom. The molecule has 2 saturated heterocycles. The molecule has 0 aromatic rings. The second kappa shape index (κ2) is 10.9. The summed E-state index contributed by atoms with van der Waals surface area (Å²) in [6.07, 6.45) is -15.4. The predicted molar refractivity (Wildman–Crippen MR) is 91.2 cm³/mol. The van der Waals surface area contributed by atoms with Gasteiger partial charge in [0.05, 0.1) is 19.3 Å². The van der Waals surface area contributed by atoms with Gasteiger partial charge in [-0.05, 0) is 6.42 Å². The zero-order valence-electron chi connectivity index (χ0n) is 15.6. The summed E-state index contributed by atoms with van der Waals surface area (Å²) >= 11 is 0. The van der Waals surface area contributed by atoms with Crippen LogP contribution in [0.25, 0.3) is 0 Å². The van der Waals surface area contributed by atoms with Crippen molar-refractivity contribution in [2.45, 2.75) is 74.3 Å². The molecule has 13 nitrogen and oxygen atoms in total. The van der Waals surface area contributed by atoms with Crippen LogP contribution in [0, 0.1) is 0 Å². The quantitative estimate of drug-likeness (QED) is 0.174. The molecular formula is C16H29NO12. The zero-order valence-corrected chi connectivity index (χ0v) is 15.6. The minimum atomic E-state index is -1.75. The highest BCUT2D eigenvalue weighted by molar-refractivity contribution is 5.66. The highest BCUT2D eigenvalue weighted by Crippen LogP contribution is 2.30. The van der Waals surface area contributed by atoms with Crippen LogP contribution in [0.5, 0.6) is 0 Å². The van der Waals surface area contributed by atoms with Crippen molar-refractivity contribution in [3.63, 3.8) is 0 Å². The number of aliphatic hydroxyl groups excluding tert-OH is 6. The number of carboxylic acid groups (broad SMARTS) is 1. The van der Waals surface area contributed by atoms with Crippen LogP contribution in [0.4, 0.5) is 0 Å². The standard InChI is InChI=1S/C16H29NO12/c17-3-4-26-16-14(12(24)10(22)7(5-18)28-16)29-15-13(25)11(23)9(21)6(27-15)1-2-8(19)20/h6-7,9-16,18,21-25H,1-5,17H2,(H,19,20)/t6?,7?,9-,10-,11+,12+,13?,14?,15-,16+/m1/s1. The Morgan fingerprint density at radius 1 is 0.897 bits per heavy atom. The van der Waals surface area contributed by atoms with E-state index in [1.54, 1.807) is 0 Å². The molecule has 0 aromatic carbocycles. The molecule has 0 saturated carbocycles. The van der Waals surface area contributed by atoms with Gasteiger partial charge in [0.15, 0.2) is 12.6 Å². The number of hydrogen-bond donors (Lipinski definition) is 8. The van der Waals surface area contributed by atoms with Crippen LogP contribution in [0.1, 0.15) is 12.8 Å². The van der Waals surface area contributed by atoms with Crippen LogP contribution < -0.4 is 5.73 Å². The van der Waals surface area contributed by atoms with Gasteiger partial charge in [-0.25, -0.2) is 0 Å². The van der Waals surface area contributed by atoms with Gasteiger partial charge in [0.25, 0.3) is 0 Å². The van der Waals surface area contributed by atoms with E-state index in [4.69, 9.17) is 29.8 Å². The van der Waals surface area contributed by atoms with Crippen LogP contribution in [-0.2, 0) is 23.7 Å². The number of aliphatic carboxylic acids is 1. The Kier molecular flexibility index (Phi) is 9.12. The van der Waals surface area contributed by atoms with E-state index in [0.717, 1.165) is 0 Å². The fourth-order valence-electron chi connectivity index (χ4n) is 3.21. The fraction of sp³-hybridized carbons (Fsp3) is 0.938. The molecule has 0 aromatic heterocycles. The van der Waals surface area contributed by atoms with E-state index in [2.05, 4.69) is 0 Å². The molecule has 9 N–H and O–H groups in total. The van der Waals surface area contributed by atoms with Crippen LogP contribution in [0.15, 0.2) is 0 Å². The minimum Gasteiger partial charge on any atom is -0.481 e. The zero-order chi connectivity index (χ0) is 21.7. The molecule has 29 heavy (non-hydrogen) atoms. The lowest BCUT2D eigenvalue weighted by molar-refractivity contribution is -0.366. The number of carboxylic acids is 1. The van der Waals surface area contributed by atoms with Crippen LogP contribution in [0.2, 0.25) is 0 Å². The van der Waals surface area contributed by atoms with Crippen molar-refractivity contribution in [2.24, 2.45) is 5.73 Å². The van der Waals surface area contributed by atoms with Crippen molar-refractivity contribution >= 4 is 5.97 Å². The summed E-state index contributed by atoms with van der Waals surface area (Å²) in [5.41, 5.74) is 5.38. The first-order valence-electron chi connectivity index (χ1n) is 9.22. The molecule has 4 unspecified atom stereocenters. The molecule has 2 aliphatic heterocycles. The normalized spacial score (nSPS) is 43.3. The molecule has 2 heterocycles. The maximum Gasteiger partial charge on any atom is 0.303 e. The van der Waals surface area contributed by atoms with Crippen LogP contribution in [0.3, 0.4) is 0 Å². The fourth-order valence-corrected chi connectivity index (χ4v) is 3.21. The Balaban J connectivity index is 2.14. The van der Waals surface area contributed by atoms with Crippen molar-refractivity contribution in [3.8, 4) is 0 Å². The summed E-state index contributed by atoms with van der Waals surface area (Å²) < 4.78 is 21.6. The average Bonchev–Trinajstić information content (AvgIpc) is 2.69. The van der Waals surface area contributed by atoms with Crippen LogP contribution >= 0.6 is 0 Å². The number of aliphatic hydroxyl groups is 6. The van der Waals surface area contributed by atoms with Crippen molar-refractivity contribution in [2.75, 3.05) is 19.8 Å². The third-order valence-electron chi connectivity index (χ3n) is 4.83. The third kappa shape index (κ3) is 5.80. The number of hydrogen-bond acceptors (Lipinski definition) is 12. The maximum atomic E-state index is 10.8. The van der Waals surface area contributed by atoms with Gasteiger partial charge in [-0.2, -0.15) is 0 Å². The second-order valence-electron chi connectivity index (χ2n) is 6.91. The molecule has 0 radical (unpaired) electrons. The van der Waals surface area contributed by atoms with E-state index in [1.807, 2.05) is 0 Å². The van der Waals surface area contributed by atoms with E-state index in [0.29, 0.717) is 0 Å². The Bertz CT molecular complexity index is 524. The topological polar surface area (TPSA) is 222 Å². The highest BCUT2D eigenvalue weighted by atomic mass is 16.8. The number of rotatable bonds is 9. The molecule has 0 bridgehead atoms. The summed E-state index contributed by atoms with van der Waals surface area (Å²) in [5, 5.41) is 68.8. The van der Waals surface area contributed by atoms with Gasteiger partial charge < -0.3 is 60.4 Å². The van der Waals surface area contributed by atoms with Gasteiger partial charge in [0.2, 0.25) is 0 Å². The lowest BCUT2D eigenvalue weighted by Crippen LogP contribution is -2.64. The van der Waals surface area contributed by atoms with Crippen LogP contribution in [-0.4, -0.2) is 123 Å². The third-order valence-corrected chi connectivity index (χ3v) is 4.83. The first-order valence-corrected chi connectivity index (χ1v) is 9.22. The largest absolute Gasteiger partial charge is 0.481 e. The van der Waals surface area contributed by atoms with Gasteiger partial charge in [0, 0.05) is 13.0 Å². The van der Waals surface area contributed by atoms with Crippen molar-refractivity contribution in [1.82, 2.24) is 0 Å². The molecule has 2 aliphatic rings. The number of ether oxygens (including phenoxy) is 4. The number of nitrogens with two attached hydrogens (primary N) is 1. The van der Waals surface area contributed by atoms with Gasteiger partial charge in [-0.3, -0.25) is 4.79 Å². The predicted octanol–water partition coefficient (Wildman–Crippen LogP) is -4.54. The highest BCUT2D eigenvalue weighted by Gasteiger charge is 2.50. The molecular weight excluding hydrogens is 398 g/mol. The molecule has 2 fully saturated rings. The van der Waals surface area contributed by atoms with E-state index in [9.17, 15) is 35.4 Å². The molecule has 0 amide bonds. The first-order chi connectivity index (χ1) is 13.7. The molecule has 0 aliphatic carbocycles. The SMILES string of the molecule is NCCO[C@H]1OC(CO)[C@@H](O)[C@H](O)C1O[C@H]1OC(CCC(=O)O)[C@@H](O)[C@H](O)C1O. The molecule has 170 valence electrons. The first kappa shape index (κ1) is 24.3. The molecule has 0 spiro atoms.